The van der Waals surface area contributed by atoms with Crippen molar-refractivity contribution in [2.24, 2.45) is 0 Å². The van der Waals surface area contributed by atoms with E-state index in [4.69, 9.17) is 0 Å². The zero-order valence-corrected chi connectivity index (χ0v) is 14.3. The Morgan fingerprint density at radius 2 is 1.31 bits per heavy atom. The predicted molar refractivity (Wildman–Crippen MR) is 108 cm³/mol. The lowest BCUT2D eigenvalue weighted by atomic mass is 9.94. The fourth-order valence-electron chi connectivity index (χ4n) is 3.97. The average molecular weight is 337 g/mol. The molecule has 1 aliphatic rings. The van der Waals surface area contributed by atoms with E-state index in [9.17, 15) is 5.11 Å². The van der Waals surface area contributed by atoms with E-state index >= 15 is 0 Å². The molecular weight excluding hydrogens is 318 g/mol. The van der Waals surface area contributed by atoms with E-state index < -0.39 is 5.72 Å². The lowest BCUT2D eigenvalue weighted by Crippen LogP contribution is -2.31. The lowest BCUT2D eigenvalue weighted by Gasteiger charge is -2.30. The first-order chi connectivity index (χ1) is 12.8. The highest BCUT2D eigenvalue weighted by molar-refractivity contribution is 6.08. The van der Waals surface area contributed by atoms with Crippen molar-refractivity contribution in [3.63, 3.8) is 0 Å². The maximum atomic E-state index is 11.5. The number of rotatable bonds is 2. The standard InChI is InChI=1S/C24H19NO/c26-24(16-14-19(15-17-24)18-8-2-1-3-9-18)25-22-12-6-4-10-20(22)21-11-5-7-13-23(21)25/h1-16,26H,17H2. The second-order valence-corrected chi connectivity index (χ2v) is 6.81. The van der Waals surface area contributed by atoms with Crippen molar-refractivity contribution >= 4 is 27.4 Å². The Kier molecular flexibility index (Phi) is 3.34. The second-order valence-electron chi connectivity index (χ2n) is 6.81. The van der Waals surface area contributed by atoms with Crippen LogP contribution in [0.25, 0.3) is 27.4 Å². The molecule has 1 atom stereocenters. The van der Waals surface area contributed by atoms with E-state index in [-0.39, 0.29) is 0 Å². The van der Waals surface area contributed by atoms with Crippen LogP contribution in [-0.2, 0) is 5.72 Å². The third-order valence-corrected chi connectivity index (χ3v) is 5.23. The van der Waals surface area contributed by atoms with E-state index in [1.807, 2.05) is 54.6 Å². The first-order valence-corrected chi connectivity index (χ1v) is 8.92. The Morgan fingerprint density at radius 3 is 1.88 bits per heavy atom. The molecule has 0 radical (unpaired) electrons. The molecule has 5 rings (SSSR count). The van der Waals surface area contributed by atoms with Gasteiger partial charge in [0, 0.05) is 17.2 Å². The Labute approximate surface area is 152 Å². The highest BCUT2D eigenvalue weighted by Gasteiger charge is 2.30. The fraction of sp³-hybridized carbons (Fsp3) is 0.0833. The summed E-state index contributed by atoms with van der Waals surface area (Å²) in [4.78, 5) is 0. The van der Waals surface area contributed by atoms with Crippen molar-refractivity contribution in [3.8, 4) is 0 Å². The molecule has 1 heterocycles. The molecule has 1 unspecified atom stereocenters. The zero-order chi connectivity index (χ0) is 17.6. The minimum atomic E-state index is -1.07. The molecule has 0 bridgehead atoms. The second kappa shape index (κ2) is 5.72. The molecule has 0 aliphatic heterocycles. The molecule has 0 saturated carbocycles. The molecule has 1 N–H and O–H groups in total. The Bertz CT molecular complexity index is 1110. The summed E-state index contributed by atoms with van der Waals surface area (Å²) in [7, 11) is 0. The van der Waals surface area contributed by atoms with Crippen LogP contribution in [0.3, 0.4) is 0 Å². The number of hydrogen-bond acceptors (Lipinski definition) is 1. The topological polar surface area (TPSA) is 25.2 Å². The SMILES string of the molecule is OC1(n2c3ccccc3c3ccccc32)C=CC(c2ccccc2)=CC1. The van der Waals surface area contributed by atoms with Gasteiger partial charge < -0.3 is 9.67 Å². The van der Waals surface area contributed by atoms with Crippen molar-refractivity contribution in [2.75, 3.05) is 0 Å². The van der Waals surface area contributed by atoms with Crippen LogP contribution in [0.4, 0.5) is 0 Å². The van der Waals surface area contributed by atoms with Gasteiger partial charge in [-0.3, -0.25) is 0 Å². The largest absolute Gasteiger partial charge is 0.367 e. The molecule has 0 saturated heterocycles. The minimum Gasteiger partial charge on any atom is -0.367 e. The number of fused-ring (bicyclic) bond motifs is 3. The third-order valence-electron chi connectivity index (χ3n) is 5.23. The third kappa shape index (κ3) is 2.23. The summed E-state index contributed by atoms with van der Waals surface area (Å²) in [6, 6.07) is 26.8. The first kappa shape index (κ1) is 15.2. The molecule has 0 spiro atoms. The molecule has 1 aromatic heterocycles. The maximum Gasteiger partial charge on any atom is 0.165 e. The molecule has 3 aromatic carbocycles. The summed E-state index contributed by atoms with van der Waals surface area (Å²) in [6.45, 7) is 0. The molecule has 26 heavy (non-hydrogen) atoms. The van der Waals surface area contributed by atoms with Crippen LogP contribution in [0.5, 0.6) is 0 Å². The number of para-hydroxylation sites is 2. The van der Waals surface area contributed by atoms with E-state index in [1.165, 1.54) is 16.3 Å². The van der Waals surface area contributed by atoms with Crippen molar-refractivity contribution in [2.45, 2.75) is 12.1 Å². The summed E-state index contributed by atoms with van der Waals surface area (Å²) >= 11 is 0. The molecular formula is C24H19NO. The lowest BCUT2D eigenvalue weighted by molar-refractivity contribution is 0.0243. The fourth-order valence-corrected chi connectivity index (χ4v) is 3.97. The van der Waals surface area contributed by atoms with E-state index in [0.29, 0.717) is 6.42 Å². The molecule has 1 aliphatic carbocycles. The van der Waals surface area contributed by atoms with Gasteiger partial charge in [0.1, 0.15) is 0 Å². The molecule has 4 aromatic rings. The molecule has 2 nitrogen and oxygen atoms in total. The number of benzene rings is 3. The monoisotopic (exact) mass is 337 g/mol. The molecule has 0 fully saturated rings. The van der Waals surface area contributed by atoms with Gasteiger partial charge in [0.05, 0.1) is 11.0 Å². The number of allylic oxidation sites excluding steroid dienone is 2. The molecule has 2 heteroatoms. The maximum absolute atomic E-state index is 11.5. The van der Waals surface area contributed by atoms with E-state index in [2.05, 4.69) is 47.0 Å². The Hall–Kier alpha value is -3.10. The van der Waals surface area contributed by atoms with Gasteiger partial charge in [0.2, 0.25) is 0 Å². The van der Waals surface area contributed by atoms with Crippen LogP contribution >= 0.6 is 0 Å². The number of aliphatic hydroxyl groups is 1. The van der Waals surface area contributed by atoms with Crippen LogP contribution in [0.2, 0.25) is 0 Å². The quantitative estimate of drug-likeness (QED) is 0.514. The minimum absolute atomic E-state index is 0.538. The van der Waals surface area contributed by atoms with Crippen molar-refractivity contribution in [1.29, 1.82) is 0 Å². The first-order valence-electron chi connectivity index (χ1n) is 8.92. The van der Waals surface area contributed by atoms with Crippen molar-refractivity contribution in [3.05, 3.63) is 103 Å². The number of nitrogens with zero attached hydrogens (tertiary/aromatic N) is 1. The number of aromatic nitrogens is 1. The highest BCUT2D eigenvalue weighted by atomic mass is 16.3. The van der Waals surface area contributed by atoms with Crippen molar-refractivity contribution < 1.29 is 5.11 Å². The van der Waals surface area contributed by atoms with Gasteiger partial charge in [-0.2, -0.15) is 0 Å². The predicted octanol–water partition coefficient (Wildman–Crippen LogP) is 5.48. The van der Waals surface area contributed by atoms with E-state index in [1.54, 1.807) is 0 Å². The van der Waals surface area contributed by atoms with Gasteiger partial charge in [0.25, 0.3) is 0 Å². The van der Waals surface area contributed by atoms with E-state index in [0.717, 1.165) is 16.6 Å². The summed E-state index contributed by atoms with van der Waals surface area (Å²) in [5.41, 5.74) is 3.36. The van der Waals surface area contributed by atoms with Gasteiger partial charge in [0.15, 0.2) is 5.72 Å². The highest BCUT2D eigenvalue weighted by Crippen LogP contribution is 2.38. The summed E-state index contributed by atoms with van der Waals surface area (Å²) in [5.74, 6) is 0. The van der Waals surface area contributed by atoms with Gasteiger partial charge >= 0.3 is 0 Å². The van der Waals surface area contributed by atoms with Crippen LogP contribution in [0.15, 0.2) is 97.1 Å². The summed E-state index contributed by atoms with van der Waals surface area (Å²) in [5, 5.41) is 13.9. The van der Waals surface area contributed by atoms with Crippen LogP contribution in [0, 0.1) is 0 Å². The van der Waals surface area contributed by atoms with Gasteiger partial charge in [-0.25, -0.2) is 0 Å². The van der Waals surface area contributed by atoms with Gasteiger partial charge in [-0.1, -0.05) is 78.9 Å². The summed E-state index contributed by atoms with van der Waals surface area (Å²) in [6.07, 6.45) is 6.62. The van der Waals surface area contributed by atoms with Crippen LogP contribution < -0.4 is 0 Å². The molecule has 0 amide bonds. The zero-order valence-electron chi connectivity index (χ0n) is 14.3. The van der Waals surface area contributed by atoms with Crippen LogP contribution in [-0.4, -0.2) is 9.67 Å². The Morgan fingerprint density at radius 1 is 0.731 bits per heavy atom. The number of hydrogen-bond donors (Lipinski definition) is 1. The normalized spacial score (nSPS) is 19.8. The molecule has 126 valence electrons. The average Bonchev–Trinajstić information content (AvgIpc) is 3.04. The van der Waals surface area contributed by atoms with Crippen molar-refractivity contribution in [1.82, 2.24) is 4.57 Å². The van der Waals surface area contributed by atoms with Gasteiger partial charge in [-0.15, -0.1) is 0 Å². The summed E-state index contributed by atoms with van der Waals surface area (Å²) < 4.78 is 2.06. The van der Waals surface area contributed by atoms with Crippen LogP contribution in [0.1, 0.15) is 12.0 Å². The Balaban J connectivity index is 1.67. The smallest absolute Gasteiger partial charge is 0.165 e. The van der Waals surface area contributed by atoms with Gasteiger partial charge in [-0.05, 0) is 29.3 Å².